The Hall–Kier alpha value is -1.01. The number of likely N-dealkylation sites (tertiary alicyclic amines) is 2. The van der Waals surface area contributed by atoms with Crippen LogP contribution in [0.1, 0.15) is 30.6 Å². The quantitative estimate of drug-likeness (QED) is 0.777. The van der Waals surface area contributed by atoms with Crippen molar-refractivity contribution < 1.29 is 9.59 Å². The lowest BCUT2D eigenvalue weighted by Gasteiger charge is -2.47. The fourth-order valence-corrected chi connectivity index (χ4v) is 4.98. The van der Waals surface area contributed by atoms with Crippen LogP contribution in [0.25, 0.3) is 0 Å². The molecule has 0 bridgehead atoms. The maximum Gasteiger partial charge on any atom is 0.223 e. The minimum Gasteiger partial charge on any atom is -0.342 e. The number of thiophene rings is 1. The summed E-state index contributed by atoms with van der Waals surface area (Å²) in [5.74, 6) is 1.94. The molecule has 0 radical (unpaired) electrons. The Bertz CT molecular complexity index is 561. The molecule has 6 heteroatoms. The standard InChI is InChI=1S/C18H26N2O2S2/c1-23-12-8-17(21)19-9-7-16-14(13-19)4-5-18(22)20(16)10-6-15-3-2-11-24-15/h2-3,11,14,16H,4-10,12-13H2,1H3/t14-,16+/m0/s1. The molecule has 3 heterocycles. The van der Waals surface area contributed by atoms with Gasteiger partial charge < -0.3 is 9.80 Å². The molecule has 0 saturated carbocycles. The Kier molecular flexibility index (Phi) is 6.22. The van der Waals surface area contributed by atoms with Gasteiger partial charge in [0.15, 0.2) is 0 Å². The minimum absolute atomic E-state index is 0.282. The Labute approximate surface area is 152 Å². The summed E-state index contributed by atoms with van der Waals surface area (Å²) in [7, 11) is 0. The SMILES string of the molecule is CSCCC(=O)N1CC[C@@H]2[C@@H](CCC(=O)N2CCc2cccs2)C1. The third-order valence-electron chi connectivity index (χ3n) is 5.20. The van der Waals surface area contributed by atoms with Gasteiger partial charge in [-0.25, -0.2) is 0 Å². The van der Waals surface area contributed by atoms with Crippen molar-refractivity contribution in [3.8, 4) is 0 Å². The molecule has 2 fully saturated rings. The zero-order valence-corrected chi connectivity index (χ0v) is 15.9. The monoisotopic (exact) mass is 366 g/mol. The molecule has 4 nitrogen and oxygen atoms in total. The Morgan fingerprint density at radius 2 is 2.29 bits per heavy atom. The van der Waals surface area contributed by atoms with Crippen LogP contribution in [-0.2, 0) is 16.0 Å². The maximum atomic E-state index is 12.4. The number of rotatable bonds is 6. The summed E-state index contributed by atoms with van der Waals surface area (Å²) in [6.45, 7) is 2.46. The van der Waals surface area contributed by atoms with E-state index in [9.17, 15) is 9.59 Å². The van der Waals surface area contributed by atoms with Gasteiger partial charge in [-0.1, -0.05) is 6.07 Å². The van der Waals surface area contributed by atoms with Gasteiger partial charge >= 0.3 is 0 Å². The molecule has 2 amide bonds. The van der Waals surface area contributed by atoms with Crippen LogP contribution >= 0.6 is 23.1 Å². The van der Waals surface area contributed by atoms with Crippen LogP contribution < -0.4 is 0 Å². The Morgan fingerprint density at radius 1 is 1.42 bits per heavy atom. The normalized spacial score (nSPS) is 24.1. The molecule has 1 aromatic heterocycles. The minimum atomic E-state index is 0.282. The second-order valence-electron chi connectivity index (χ2n) is 6.65. The van der Waals surface area contributed by atoms with Crippen molar-refractivity contribution in [2.75, 3.05) is 31.6 Å². The number of hydrogen-bond acceptors (Lipinski definition) is 4. The average molecular weight is 367 g/mol. The third kappa shape index (κ3) is 4.14. The van der Waals surface area contributed by atoms with Gasteiger partial charge in [0.2, 0.25) is 11.8 Å². The number of hydrogen-bond donors (Lipinski definition) is 0. The lowest BCUT2D eigenvalue weighted by Crippen LogP contribution is -2.57. The van der Waals surface area contributed by atoms with Gasteiger partial charge in [-0.05, 0) is 42.9 Å². The lowest BCUT2D eigenvalue weighted by atomic mass is 9.83. The molecule has 3 rings (SSSR count). The van der Waals surface area contributed by atoms with E-state index in [4.69, 9.17) is 0 Å². The predicted molar refractivity (Wildman–Crippen MR) is 100 cm³/mol. The van der Waals surface area contributed by atoms with E-state index in [0.717, 1.165) is 44.6 Å². The fraction of sp³-hybridized carbons (Fsp3) is 0.667. The number of carbonyl (C=O) groups excluding carboxylic acids is 2. The van der Waals surface area contributed by atoms with Gasteiger partial charge in [-0.15, -0.1) is 11.3 Å². The van der Waals surface area contributed by atoms with E-state index in [-0.39, 0.29) is 5.91 Å². The van der Waals surface area contributed by atoms with Crippen LogP contribution in [0.3, 0.4) is 0 Å². The molecule has 2 atom stereocenters. The molecule has 24 heavy (non-hydrogen) atoms. The topological polar surface area (TPSA) is 40.6 Å². The first-order chi connectivity index (χ1) is 11.7. The molecule has 1 aromatic rings. The number of fused-ring (bicyclic) bond motifs is 1. The van der Waals surface area contributed by atoms with Crippen molar-refractivity contribution in [2.24, 2.45) is 5.92 Å². The van der Waals surface area contributed by atoms with E-state index in [0.29, 0.717) is 30.7 Å². The summed E-state index contributed by atoms with van der Waals surface area (Å²) in [5, 5.41) is 2.09. The Balaban J connectivity index is 1.58. The smallest absolute Gasteiger partial charge is 0.223 e. The van der Waals surface area contributed by atoms with Crippen molar-refractivity contribution in [3.05, 3.63) is 22.4 Å². The van der Waals surface area contributed by atoms with E-state index in [1.807, 2.05) is 11.2 Å². The number of amides is 2. The number of piperidine rings is 2. The molecule has 0 aromatic carbocycles. The molecule has 132 valence electrons. The summed E-state index contributed by atoms with van der Waals surface area (Å²) < 4.78 is 0. The van der Waals surface area contributed by atoms with Crippen LogP contribution in [0.4, 0.5) is 0 Å². The third-order valence-corrected chi connectivity index (χ3v) is 6.74. The molecule has 0 aliphatic carbocycles. The van der Waals surface area contributed by atoms with Crippen LogP contribution in [-0.4, -0.2) is 59.3 Å². The van der Waals surface area contributed by atoms with Crippen molar-refractivity contribution in [1.29, 1.82) is 0 Å². The van der Waals surface area contributed by atoms with Crippen molar-refractivity contribution in [2.45, 2.75) is 38.1 Å². The fourth-order valence-electron chi connectivity index (χ4n) is 3.90. The lowest BCUT2D eigenvalue weighted by molar-refractivity contribution is -0.144. The van der Waals surface area contributed by atoms with Crippen molar-refractivity contribution in [3.63, 3.8) is 0 Å². The van der Waals surface area contributed by atoms with Crippen LogP contribution in [0.5, 0.6) is 0 Å². The van der Waals surface area contributed by atoms with E-state index >= 15 is 0 Å². The highest BCUT2D eigenvalue weighted by Gasteiger charge is 2.39. The molecular formula is C18H26N2O2S2. The van der Waals surface area contributed by atoms with Gasteiger partial charge in [0.05, 0.1) is 0 Å². The summed E-state index contributed by atoms with van der Waals surface area (Å²) in [4.78, 5) is 30.2. The average Bonchev–Trinajstić information content (AvgIpc) is 3.12. The highest BCUT2D eigenvalue weighted by Crippen LogP contribution is 2.32. The van der Waals surface area contributed by atoms with Crippen LogP contribution in [0.15, 0.2) is 17.5 Å². The van der Waals surface area contributed by atoms with E-state index < -0.39 is 0 Å². The van der Waals surface area contributed by atoms with Gasteiger partial charge in [0.25, 0.3) is 0 Å². The second-order valence-corrected chi connectivity index (χ2v) is 8.67. The second kappa shape index (κ2) is 8.39. The van der Waals surface area contributed by atoms with E-state index in [1.54, 1.807) is 23.1 Å². The Morgan fingerprint density at radius 3 is 3.04 bits per heavy atom. The van der Waals surface area contributed by atoms with Crippen molar-refractivity contribution >= 4 is 34.9 Å². The number of carbonyl (C=O) groups is 2. The van der Waals surface area contributed by atoms with E-state index in [2.05, 4.69) is 22.4 Å². The summed E-state index contributed by atoms with van der Waals surface area (Å²) >= 11 is 3.48. The highest BCUT2D eigenvalue weighted by atomic mass is 32.2. The molecule has 0 spiro atoms. The van der Waals surface area contributed by atoms with Gasteiger partial charge in [0, 0.05) is 49.1 Å². The van der Waals surface area contributed by atoms with Gasteiger partial charge in [0.1, 0.15) is 0 Å². The molecule has 2 aliphatic rings. The molecule has 2 aliphatic heterocycles. The molecule has 2 saturated heterocycles. The first-order valence-corrected chi connectivity index (χ1v) is 11.0. The molecule has 0 unspecified atom stereocenters. The number of thioether (sulfide) groups is 1. The van der Waals surface area contributed by atoms with Crippen LogP contribution in [0.2, 0.25) is 0 Å². The maximum absolute atomic E-state index is 12.4. The summed E-state index contributed by atoms with van der Waals surface area (Å²) in [6.07, 6.45) is 6.13. The van der Waals surface area contributed by atoms with Gasteiger partial charge in [-0.3, -0.25) is 9.59 Å². The molecule has 0 N–H and O–H groups in total. The predicted octanol–water partition coefficient (Wildman–Crippen LogP) is 2.88. The van der Waals surface area contributed by atoms with Gasteiger partial charge in [-0.2, -0.15) is 11.8 Å². The molecular weight excluding hydrogens is 340 g/mol. The van der Waals surface area contributed by atoms with Crippen LogP contribution in [0, 0.1) is 5.92 Å². The highest BCUT2D eigenvalue weighted by molar-refractivity contribution is 7.98. The number of nitrogens with zero attached hydrogens (tertiary/aromatic N) is 2. The largest absolute Gasteiger partial charge is 0.342 e. The zero-order valence-electron chi connectivity index (χ0n) is 14.3. The van der Waals surface area contributed by atoms with E-state index in [1.165, 1.54) is 4.88 Å². The first-order valence-electron chi connectivity index (χ1n) is 8.77. The zero-order chi connectivity index (χ0) is 16.9. The summed E-state index contributed by atoms with van der Waals surface area (Å²) in [5.41, 5.74) is 0. The van der Waals surface area contributed by atoms with Crippen molar-refractivity contribution in [1.82, 2.24) is 9.80 Å². The summed E-state index contributed by atoms with van der Waals surface area (Å²) in [6, 6.07) is 4.54. The first kappa shape index (κ1) is 17.8.